The Morgan fingerprint density at radius 1 is 0.477 bits per heavy atom. The first-order chi connectivity index (χ1) is 41.8. The highest BCUT2D eigenvalue weighted by molar-refractivity contribution is 7.00. The minimum Gasteiger partial charge on any atom is -0.468 e. The van der Waals surface area contributed by atoms with Crippen molar-refractivity contribution < 1.29 is 4.42 Å². The van der Waals surface area contributed by atoms with Crippen LogP contribution in [0.3, 0.4) is 0 Å². The predicted octanol–water partition coefficient (Wildman–Crippen LogP) is 21.1. The van der Waals surface area contributed by atoms with Gasteiger partial charge in [0.1, 0.15) is 5.58 Å². The minimum atomic E-state index is -0.216. The van der Waals surface area contributed by atoms with E-state index in [4.69, 9.17) is 4.42 Å². The maximum Gasteiger partial charge on any atom is 0.297 e. The van der Waals surface area contributed by atoms with E-state index in [1.54, 1.807) is 0 Å². The quantitative estimate of drug-likeness (QED) is 0.155. The number of nitrogens with zero attached hydrogens (tertiary/aromatic N) is 3. The van der Waals surface area contributed by atoms with Gasteiger partial charge in [-0.3, -0.25) is 0 Å². The average molecular weight is 1150 g/mol. The van der Waals surface area contributed by atoms with Gasteiger partial charge >= 0.3 is 0 Å². The van der Waals surface area contributed by atoms with Crippen LogP contribution in [0, 0.1) is 5.92 Å². The van der Waals surface area contributed by atoms with E-state index in [0.29, 0.717) is 11.8 Å². The molecule has 0 amide bonds. The zero-order valence-electron chi connectivity index (χ0n) is 54.6. The highest BCUT2D eigenvalue weighted by Crippen LogP contribution is 2.58. The summed E-state index contributed by atoms with van der Waals surface area (Å²) >= 11 is 0. The lowest BCUT2D eigenvalue weighted by atomic mass is 9.35. The maximum atomic E-state index is 7.85. The summed E-state index contributed by atoms with van der Waals surface area (Å²) in [5.74, 6) is 0.920. The summed E-state index contributed by atoms with van der Waals surface area (Å²) in [4.78, 5) is 7.89. The van der Waals surface area contributed by atoms with E-state index in [9.17, 15) is 0 Å². The van der Waals surface area contributed by atoms with E-state index in [-0.39, 0.29) is 39.2 Å². The average Bonchev–Trinajstić information content (AvgIpc) is 1.24. The third-order valence-corrected chi connectivity index (χ3v) is 22.7. The van der Waals surface area contributed by atoms with E-state index in [2.05, 4.69) is 294 Å². The Balaban J connectivity index is 1.05. The molecular formula is C83H84BN3O. The fourth-order valence-corrected chi connectivity index (χ4v) is 17.5. The molecule has 16 rings (SSSR count). The van der Waals surface area contributed by atoms with Crippen molar-refractivity contribution in [2.75, 3.05) is 14.7 Å². The first-order valence-electron chi connectivity index (χ1n) is 32.9. The van der Waals surface area contributed by atoms with Gasteiger partial charge in [-0.2, -0.15) is 0 Å². The molecule has 9 aromatic carbocycles. The standard InChI is InChI=1S/C83H84BN3O/c1-49(2)56-37-38-79(6,7)65-47-70-71(46-61(56)65)86(52-31-29-50(30-32-52)78(3,4)5)72-43-55(44-73-75(72)84(70)77-76(87(73)51-23-17-16-18-24-51)62-45-68-69(48-74(62)88-77)81(10,11)40-39-80(68,8)9)85(53-33-35-59-57-25-19-21-27-63(57)82(12,13)66(59)41-53)54-34-36-60-58-26-20-22-28-64(58)83(14,15)67(60)42-54/h16-36,41-49,56H,37-40H2,1-15H3. The molecule has 0 spiro atoms. The molecule has 440 valence electrons. The molecule has 4 aliphatic carbocycles. The molecule has 0 fully saturated rings. The number of benzene rings is 9. The van der Waals surface area contributed by atoms with Crippen molar-refractivity contribution in [3.8, 4) is 22.3 Å². The summed E-state index contributed by atoms with van der Waals surface area (Å²) in [7, 11) is 0. The Hall–Kier alpha value is -8.02. The lowest BCUT2D eigenvalue weighted by molar-refractivity contribution is 0.332. The van der Waals surface area contributed by atoms with Gasteiger partial charge in [-0.15, -0.1) is 0 Å². The minimum absolute atomic E-state index is 0.00312. The second-order valence-corrected chi connectivity index (χ2v) is 31.5. The van der Waals surface area contributed by atoms with Crippen LogP contribution >= 0.6 is 0 Å². The molecule has 4 nitrogen and oxygen atoms in total. The third kappa shape index (κ3) is 7.83. The molecule has 2 aliphatic heterocycles. The summed E-state index contributed by atoms with van der Waals surface area (Å²) in [6, 6.07) is 69.1. The van der Waals surface area contributed by atoms with Gasteiger partial charge in [-0.1, -0.05) is 201 Å². The first-order valence-corrected chi connectivity index (χ1v) is 32.9. The summed E-state index contributed by atoms with van der Waals surface area (Å²) in [5, 5.41) is 1.18. The molecule has 0 saturated heterocycles. The van der Waals surface area contributed by atoms with Crippen LogP contribution in [-0.4, -0.2) is 6.71 Å². The number of furan rings is 1. The van der Waals surface area contributed by atoms with Crippen molar-refractivity contribution >= 4 is 85.5 Å². The number of rotatable bonds is 6. The van der Waals surface area contributed by atoms with Crippen LogP contribution < -0.4 is 31.3 Å². The van der Waals surface area contributed by atoms with E-state index < -0.39 is 0 Å². The highest BCUT2D eigenvalue weighted by Gasteiger charge is 2.50. The van der Waals surface area contributed by atoms with Gasteiger partial charge in [0.2, 0.25) is 0 Å². The molecule has 6 aliphatic rings. The molecule has 3 heterocycles. The van der Waals surface area contributed by atoms with Gasteiger partial charge in [-0.25, -0.2) is 0 Å². The van der Waals surface area contributed by atoms with Crippen molar-refractivity contribution in [2.24, 2.45) is 5.92 Å². The number of para-hydroxylation sites is 1. The van der Waals surface area contributed by atoms with Crippen molar-refractivity contribution in [2.45, 2.75) is 168 Å². The van der Waals surface area contributed by atoms with Gasteiger partial charge in [-0.05, 0) is 221 Å². The van der Waals surface area contributed by atoms with Gasteiger partial charge in [0.05, 0.1) is 17.0 Å². The monoisotopic (exact) mass is 1150 g/mol. The number of anilines is 9. The van der Waals surface area contributed by atoms with Crippen LogP contribution in [0.4, 0.5) is 51.2 Å². The van der Waals surface area contributed by atoms with E-state index in [1.807, 2.05) is 0 Å². The number of hydrogen-bond donors (Lipinski definition) is 0. The highest BCUT2D eigenvalue weighted by atomic mass is 16.3. The molecule has 5 heteroatoms. The molecule has 1 aromatic heterocycles. The van der Waals surface area contributed by atoms with E-state index in [1.165, 1.54) is 112 Å². The van der Waals surface area contributed by atoms with Gasteiger partial charge in [0, 0.05) is 56.0 Å². The molecule has 1 unspecified atom stereocenters. The van der Waals surface area contributed by atoms with Crippen molar-refractivity contribution in [1.82, 2.24) is 0 Å². The van der Waals surface area contributed by atoms with Crippen LogP contribution in [0.1, 0.15) is 186 Å². The Labute approximate surface area is 523 Å². The van der Waals surface area contributed by atoms with Crippen molar-refractivity contribution in [1.29, 1.82) is 0 Å². The van der Waals surface area contributed by atoms with E-state index in [0.717, 1.165) is 64.6 Å². The van der Waals surface area contributed by atoms with Crippen LogP contribution in [0.5, 0.6) is 0 Å². The summed E-state index contributed by atoms with van der Waals surface area (Å²) < 4.78 is 7.85. The molecule has 0 N–H and O–H groups in total. The number of hydrogen-bond acceptors (Lipinski definition) is 4. The second kappa shape index (κ2) is 18.5. The Morgan fingerprint density at radius 2 is 1.00 bits per heavy atom. The lowest BCUT2D eigenvalue weighted by Crippen LogP contribution is -2.61. The SMILES string of the molecule is CC(C)C1CCC(C)(C)c2cc3c(cc21)N(c1ccc(C(C)(C)C)cc1)c1cc(N(c2ccc4c(c2)C(C)(C)c2ccccc2-4)c2ccc4c(c2)C(C)(C)c2ccccc2-4)cc2c1B3c1oc3cc4c(cc3c1N2c1ccccc1)C(C)(C)CCC4(C)C. The van der Waals surface area contributed by atoms with Crippen LogP contribution in [0.15, 0.2) is 180 Å². The van der Waals surface area contributed by atoms with E-state index >= 15 is 0 Å². The zero-order valence-corrected chi connectivity index (χ0v) is 54.6. The largest absolute Gasteiger partial charge is 0.468 e. The van der Waals surface area contributed by atoms with Gasteiger partial charge in [0.25, 0.3) is 6.71 Å². The molecule has 0 radical (unpaired) electrons. The Morgan fingerprint density at radius 3 is 1.58 bits per heavy atom. The van der Waals surface area contributed by atoms with Crippen molar-refractivity contribution in [3.63, 3.8) is 0 Å². The second-order valence-electron chi connectivity index (χ2n) is 31.5. The third-order valence-electron chi connectivity index (χ3n) is 22.7. The molecule has 10 aromatic rings. The summed E-state index contributed by atoms with van der Waals surface area (Å²) in [6.07, 6.45) is 4.58. The summed E-state index contributed by atoms with van der Waals surface area (Å²) in [5.41, 5.74) is 32.4. The summed E-state index contributed by atoms with van der Waals surface area (Å²) in [6.45, 7) is 36.1. The molecule has 0 saturated carbocycles. The normalized spacial score (nSPS) is 18.8. The van der Waals surface area contributed by atoms with Crippen LogP contribution in [0.2, 0.25) is 0 Å². The fourth-order valence-electron chi connectivity index (χ4n) is 17.5. The molecule has 0 bridgehead atoms. The molecule has 1 atom stereocenters. The molecule has 88 heavy (non-hydrogen) atoms. The lowest BCUT2D eigenvalue weighted by Gasteiger charge is -2.46. The smallest absolute Gasteiger partial charge is 0.297 e. The molecular weight excluding hydrogens is 1070 g/mol. The number of fused-ring (bicyclic) bond motifs is 14. The van der Waals surface area contributed by atoms with Crippen LogP contribution in [-0.2, 0) is 32.5 Å². The van der Waals surface area contributed by atoms with Crippen LogP contribution in [0.25, 0.3) is 33.2 Å². The fraction of sp³-hybridized carbons (Fsp3) is 0.325. The first kappa shape index (κ1) is 55.3. The maximum absolute atomic E-state index is 7.85. The van der Waals surface area contributed by atoms with Crippen molar-refractivity contribution in [3.05, 3.63) is 226 Å². The van der Waals surface area contributed by atoms with Gasteiger partial charge in [0.15, 0.2) is 0 Å². The zero-order chi connectivity index (χ0) is 61.1. The Bertz CT molecular complexity index is 4470. The van der Waals surface area contributed by atoms with Gasteiger partial charge < -0.3 is 19.1 Å². The Kier molecular flexibility index (Phi) is 11.6. The predicted molar refractivity (Wildman–Crippen MR) is 374 cm³/mol. The topological polar surface area (TPSA) is 22.9 Å².